The zero-order valence-electron chi connectivity index (χ0n) is 19.8. The van der Waals surface area contributed by atoms with E-state index in [4.69, 9.17) is 11.5 Å². The van der Waals surface area contributed by atoms with Crippen molar-refractivity contribution in [3.05, 3.63) is 125 Å². The maximum Gasteiger partial charge on any atom is 0.0713 e. The van der Waals surface area contributed by atoms with Crippen LogP contribution in [0.2, 0.25) is 0 Å². The van der Waals surface area contributed by atoms with Crippen LogP contribution in [0.5, 0.6) is 0 Å². The van der Waals surface area contributed by atoms with Gasteiger partial charge in [-0.15, -0.1) is 0 Å². The Morgan fingerprint density at radius 2 is 1.41 bits per heavy atom. The highest BCUT2D eigenvalue weighted by Gasteiger charge is 2.46. The van der Waals surface area contributed by atoms with Crippen LogP contribution in [0.15, 0.2) is 102 Å². The van der Waals surface area contributed by atoms with E-state index in [1.807, 2.05) is 26.0 Å². The van der Waals surface area contributed by atoms with Crippen molar-refractivity contribution in [1.82, 2.24) is 0 Å². The number of hydrogen-bond acceptors (Lipinski definition) is 2. The molecule has 0 spiro atoms. The highest BCUT2D eigenvalue weighted by Crippen LogP contribution is 2.56. The lowest BCUT2D eigenvalue weighted by Gasteiger charge is -2.35. The number of rotatable bonds is 4. The van der Waals surface area contributed by atoms with Crippen LogP contribution in [0.3, 0.4) is 0 Å². The highest BCUT2D eigenvalue weighted by molar-refractivity contribution is 5.87. The van der Waals surface area contributed by atoms with Crippen LogP contribution in [0.4, 0.5) is 5.69 Å². The lowest BCUT2D eigenvalue weighted by Crippen LogP contribution is -2.29. The van der Waals surface area contributed by atoms with Crippen molar-refractivity contribution in [3.8, 4) is 11.1 Å². The molecule has 0 radical (unpaired) electrons. The fourth-order valence-corrected chi connectivity index (χ4v) is 4.68. The normalized spacial score (nSPS) is 13.7. The van der Waals surface area contributed by atoms with Crippen molar-refractivity contribution in [2.75, 3.05) is 5.73 Å². The molecular weight excluding hydrogens is 388 g/mol. The predicted molar refractivity (Wildman–Crippen MR) is 140 cm³/mol. The molecule has 0 saturated heterocycles. The predicted octanol–water partition coefficient (Wildman–Crippen LogP) is 7.28. The van der Waals surface area contributed by atoms with Crippen LogP contribution >= 0.6 is 0 Å². The van der Waals surface area contributed by atoms with Gasteiger partial charge in [-0.3, -0.25) is 0 Å². The van der Waals surface area contributed by atoms with Gasteiger partial charge in [0.25, 0.3) is 0 Å². The Labute approximate surface area is 193 Å². The average Bonchev–Trinajstić information content (AvgIpc) is 3.11. The Morgan fingerprint density at radius 3 is 1.91 bits per heavy atom. The average molecular weight is 423 g/mol. The zero-order valence-corrected chi connectivity index (χ0v) is 19.8. The molecule has 164 valence electrons. The Morgan fingerprint density at radius 1 is 0.844 bits per heavy atom. The quantitative estimate of drug-likeness (QED) is 0.343. The summed E-state index contributed by atoms with van der Waals surface area (Å²) in [6, 6.07) is 23.8. The van der Waals surface area contributed by atoms with Crippen molar-refractivity contribution < 1.29 is 0 Å². The van der Waals surface area contributed by atoms with Crippen LogP contribution in [-0.2, 0) is 5.41 Å². The molecule has 1 aliphatic carbocycles. The third-order valence-corrected chi connectivity index (χ3v) is 5.92. The summed E-state index contributed by atoms with van der Waals surface area (Å²) in [5.74, 6) is 0. The van der Waals surface area contributed by atoms with Gasteiger partial charge < -0.3 is 11.5 Å². The molecular formula is C30H34N2. The van der Waals surface area contributed by atoms with Crippen LogP contribution in [0.25, 0.3) is 11.1 Å². The minimum atomic E-state index is -0.442. The van der Waals surface area contributed by atoms with Crippen molar-refractivity contribution in [2.24, 2.45) is 5.73 Å². The summed E-state index contributed by atoms with van der Waals surface area (Å²) < 4.78 is 0. The van der Waals surface area contributed by atoms with Gasteiger partial charge in [-0.05, 0) is 78.1 Å². The molecule has 0 saturated carbocycles. The van der Waals surface area contributed by atoms with E-state index in [0.717, 1.165) is 11.3 Å². The molecule has 1 aliphatic rings. The fourth-order valence-electron chi connectivity index (χ4n) is 4.68. The lowest BCUT2D eigenvalue weighted by molar-refractivity contribution is 0.764. The first-order valence-electron chi connectivity index (χ1n) is 11.3. The number of nitrogen functional groups attached to an aromatic ring is 1. The molecule has 0 bridgehead atoms. The molecule has 0 aromatic heterocycles. The molecule has 4 N–H and O–H groups in total. The van der Waals surface area contributed by atoms with Crippen molar-refractivity contribution in [3.63, 3.8) is 0 Å². The van der Waals surface area contributed by atoms with E-state index in [2.05, 4.69) is 93.6 Å². The van der Waals surface area contributed by atoms with E-state index in [9.17, 15) is 0 Å². The number of fused-ring (bicyclic) bond motifs is 3. The molecule has 4 rings (SSSR count). The van der Waals surface area contributed by atoms with Crippen molar-refractivity contribution in [2.45, 2.75) is 40.0 Å². The van der Waals surface area contributed by atoms with Gasteiger partial charge in [0, 0.05) is 5.69 Å². The maximum atomic E-state index is 6.20. The minimum absolute atomic E-state index is 0.442. The number of aryl methyl sites for hydroxylation is 1. The second-order valence-corrected chi connectivity index (χ2v) is 8.14. The second-order valence-electron chi connectivity index (χ2n) is 8.14. The molecule has 3 aromatic rings. The number of allylic oxidation sites excluding steroid dienone is 5. The molecule has 0 fully saturated rings. The fraction of sp³-hybridized carbons (Fsp3) is 0.200. The summed E-state index contributed by atoms with van der Waals surface area (Å²) in [4.78, 5) is 0. The van der Waals surface area contributed by atoms with Crippen LogP contribution in [0.1, 0.15) is 49.9 Å². The van der Waals surface area contributed by atoms with Gasteiger partial charge in [0.05, 0.1) is 5.41 Å². The Bertz CT molecular complexity index is 1150. The van der Waals surface area contributed by atoms with E-state index < -0.39 is 5.41 Å². The summed E-state index contributed by atoms with van der Waals surface area (Å²) in [6.07, 6.45) is 7.92. The first-order chi connectivity index (χ1) is 15.5. The standard InChI is InChI=1S/C28H28N2.C2H6/c1-19(2)17-21(9-8-16-29)28(22-14-15-27(30)20(3)18-22)25-12-6-4-10-23(25)24-11-5-7-13-26(24)28;1-2/h4-18H,29-30H2,1-3H3;1-2H3/b16-8+,21-9+;. The smallest absolute Gasteiger partial charge is 0.0713 e. The van der Waals surface area contributed by atoms with Crippen molar-refractivity contribution in [1.29, 1.82) is 0 Å². The van der Waals surface area contributed by atoms with Crippen LogP contribution in [0, 0.1) is 6.92 Å². The number of nitrogens with two attached hydrogens (primary N) is 2. The van der Waals surface area contributed by atoms with Gasteiger partial charge in [-0.25, -0.2) is 0 Å². The Balaban J connectivity index is 0.00000141. The van der Waals surface area contributed by atoms with Gasteiger partial charge in [-0.1, -0.05) is 92.2 Å². The molecule has 2 nitrogen and oxygen atoms in total. The molecule has 0 atom stereocenters. The van der Waals surface area contributed by atoms with Gasteiger partial charge in [-0.2, -0.15) is 0 Å². The highest BCUT2D eigenvalue weighted by atomic mass is 14.6. The number of benzene rings is 3. The Kier molecular flexibility index (Phi) is 7.05. The van der Waals surface area contributed by atoms with Gasteiger partial charge in [0.15, 0.2) is 0 Å². The van der Waals surface area contributed by atoms with Gasteiger partial charge in [0.1, 0.15) is 0 Å². The molecule has 0 amide bonds. The molecule has 32 heavy (non-hydrogen) atoms. The van der Waals surface area contributed by atoms with Crippen LogP contribution in [-0.4, -0.2) is 0 Å². The lowest BCUT2D eigenvalue weighted by atomic mass is 9.66. The summed E-state index contributed by atoms with van der Waals surface area (Å²) in [5.41, 5.74) is 22.1. The van der Waals surface area contributed by atoms with E-state index in [1.54, 1.807) is 6.20 Å². The van der Waals surface area contributed by atoms with Crippen LogP contribution < -0.4 is 11.5 Å². The molecule has 0 unspecified atom stereocenters. The minimum Gasteiger partial charge on any atom is -0.405 e. The molecule has 2 heteroatoms. The third kappa shape index (κ3) is 3.78. The third-order valence-electron chi connectivity index (χ3n) is 5.92. The van der Waals surface area contributed by atoms with Gasteiger partial charge in [0.2, 0.25) is 0 Å². The monoisotopic (exact) mass is 422 g/mol. The second kappa shape index (κ2) is 9.74. The van der Waals surface area contributed by atoms with E-state index >= 15 is 0 Å². The SMILES string of the molecule is CC.CC(C)=C/C(=C\C=C\N)C1(c2ccc(N)c(C)c2)c2ccccc2-c2ccccc21. The number of hydrogen-bond donors (Lipinski definition) is 2. The summed E-state index contributed by atoms with van der Waals surface area (Å²) in [6.45, 7) is 10.3. The first kappa shape index (κ1) is 23.1. The first-order valence-corrected chi connectivity index (χ1v) is 11.3. The largest absolute Gasteiger partial charge is 0.405 e. The van der Waals surface area contributed by atoms with Crippen molar-refractivity contribution >= 4 is 5.69 Å². The topological polar surface area (TPSA) is 52.0 Å². The van der Waals surface area contributed by atoms with E-state index in [-0.39, 0.29) is 0 Å². The zero-order chi connectivity index (χ0) is 23.3. The molecule has 0 aliphatic heterocycles. The van der Waals surface area contributed by atoms with Gasteiger partial charge >= 0.3 is 0 Å². The number of anilines is 1. The van der Waals surface area contributed by atoms with E-state index in [0.29, 0.717) is 0 Å². The van der Waals surface area contributed by atoms with E-state index in [1.165, 1.54) is 39.0 Å². The summed E-state index contributed by atoms with van der Waals surface area (Å²) in [7, 11) is 0. The molecule has 0 heterocycles. The maximum absolute atomic E-state index is 6.20. The summed E-state index contributed by atoms with van der Waals surface area (Å²) in [5, 5.41) is 0. The summed E-state index contributed by atoms with van der Waals surface area (Å²) >= 11 is 0. The Hall–Kier alpha value is -3.52. The molecule has 3 aromatic carbocycles.